The molecule has 7 nitrogen and oxygen atoms in total. The van der Waals surface area contributed by atoms with Crippen molar-refractivity contribution in [3.63, 3.8) is 0 Å². The van der Waals surface area contributed by atoms with Gasteiger partial charge in [0.15, 0.2) is 0 Å². The molecule has 1 atom stereocenters. The highest BCUT2D eigenvalue weighted by Gasteiger charge is 2.32. The molecule has 0 aliphatic rings. The summed E-state index contributed by atoms with van der Waals surface area (Å²) in [5.74, 6) is -2.33. The number of carbonyl (C=O) groups is 3. The molecule has 0 fully saturated rings. The molecule has 0 spiro atoms. The summed E-state index contributed by atoms with van der Waals surface area (Å²) >= 11 is 0. The quantitative estimate of drug-likeness (QED) is 0.593. The minimum Gasteiger partial charge on any atom is -0.380 e. The molecule has 27 heavy (non-hydrogen) atoms. The molecule has 0 aliphatic heterocycles. The first kappa shape index (κ1) is 22.3. The van der Waals surface area contributed by atoms with E-state index in [-0.39, 0.29) is 11.3 Å². The van der Waals surface area contributed by atoms with Gasteiger partial charge >= 0.3 is 6.18 Å². The van der Waals surface area contributed by atoms with E-state index in [1.54, 1.807) is 20.8 Å². The van der Waals surface area contributed by atoms with Crippen molar-refractivity contribution in [3.8, 4) is 0 Å². The van der Waals surface area contributed by atoms with Gasteiger partial charge in [0.05, 0.1) is 17.7 Å². The summed E-state index contributed by atoms with van der Waals surface area (Å²) in [6.07, 6.45) is -4.62. The Bertz CT molecular complexity index is 727. The number of benzene rings is 1. The lowest BCUT2D eigenvalue weighted by molar-refractivity contribution is -0.137. The van der Waals surface area contributed by atoms with E-state index in [9.17, 15) is 27.6 Å². The van der Waals surface area contributed by atoms with Crippen molar-refractivity contribution in [1.82, 2.24) is 10.6 Å². The van der Waals surface area contributed by atoms with Crippen molar-refractivity contribution >= 4 is 23.4 Å². The van der Waals surface area contributed by atoms with Crippen LogP contribution in [0.2, 0.25) is 0 Å². The molecule has 0 heterocycles. The topological polar surface area (TPSA) is 113 Å². The summed E-state index contributed by atoms with van der Waals surface area (Å²) in [5, 5.41) is 7.44. The van der Waals surface area contributed by atoms with E-state index in [1.807, 2.05) is 0 Å². The van der Waals surface area contributed by atoms with E-state index in [2.05, 4.69) is 16.0 Å². The molecule has 5 N–H and O–H groups in total. The van der Waals surface area contributed by atoms with Crippen LogP contribution in [0.3, 0.4) is 0 Å². The van der Waals surface area contributed by atoms with Gasteiger partial charge in [-0.1, -0.05) is 0 Å². The average molecular weight is 388 g/mol. The summed E-state index contributed by atoms with van der Waals surface area (Å²) in [5.41, 5.74) is 3.45. The van der Waals surface area contributed by atoms with Gasteiger partial charge < -0.3 is 21.7 Å². The molecule has 10 heteroatoms. The summed E-state index contributed by atoms with van der Waals surface area (Å²) in [6.45, 7) is 6.18. The van der Waals surface area contributed by atoms with Crippen molar-refractivity contribution in [2.24, 2.45) is 5.73 Å². The van der Waals surface area contributed by atoms with E-state index in [0.717, 1.165) is 12.1 Å². The smallest absolute Gasteiger partial charge is 0.380 e. The van der Waals surface area contributed by atoms with Gasteiger partial charge in [-0.05, 0) is 45.9 Å². The van der Waals surface area contributed by atoms with Crippen LogP contribution in [0.1, 0.15) is 43.6 Å². The van der Waals surface area contributed by atoms with Crippen molar-refractivity contribution in [1.29, 1.82) is 0 Å². The Balaban J connectivity index is 3.01. The molecule has 0 aliphatic carbocycles. The maximum atomic E-state index is 13.0. The highest BCUT2D eigenvalue weighted by molar-refractivity contribution is 6.01. The van der Waals surface area contributed by atoms with Crippen molar-refractivity contribution in [2.45, 2.75) is 45.5 Å². The van der Waals surface area contributed by atoms with Crippen LogP contribution in [0.15, 0.2) is 18.2 Å². The largest absolute Gasteiger partial charge is 0.416 e. The van der Waals surface area contributed by atoms with Crippen molar-refractivity contribution < 1.29 is 27.6 Å². The zero-order chi connectivity index (χ0) is 21.0. The molecule has 0 saturated heterocycles. The minimum atomic E-state index is -4.62. The maximum absolute atomic E-state index is 13.0. The first-order valence-corrected chi connectivity index (χ1v) is 8.07. The van der Waals surface area contributed by atoms with E-state index >= 15 is 0 Å². The number of amides is 3. The van der Waals surface area contributed by atoms with Gasteiger partial charge in [-0.2, -0.15) is 13.2 Å². The Morgan fingerprint density at radius 2 is 1.74 bits per heavy atom. The predicted octanol–water partition coefficient (Wildman–Crippen LogP) is 1.64. The number of nitrogens with two attached hydrogens (primary N) is 1. The second-order valence-corrected chi connectivity index (χ2v) is 7.01. The maximum Gasteiger partial charge on any atom is 0.416 e. The summed E-state index contributed by atoms with van der Waals surface area (Å²) < 4.78 is 38.9. The van der Waals surface area contributed by atoms with Crippen LogP contribution in [0.25, 0.3) is 0 Å². The highest BCUT2D eigenvalue weighted by atomic mass is 19.4. The number of primary amides is 1. The first-order chi connectivity index (χ1) is 12.2. The number of anilines is 1. The van der Waals surface area contributed by atoms with Crippen molar-refractivity contribution in [2.75, 3.05) is 11.9 Å². The second-order valence-electron chi connectivity index (χ2n) is 7.01. The Kier molecular flexibility index (Phi) is 6.82. The van der Waals surface area contributed by atoms with Crippen LogP contribution in [-0.2, 0) is 15.8 Å². The standard InChI is InChI=1S/C17H23F3N4O3/c1-9(14(21)26)23-13(25)8-22-15(27)11-7-10(17(18,19)20)5-6-12(11)24-16(2,3)4/h5-7,9,24H,8H2,1-4H3,(H2,21,26)(H,22,27)(H,23,25). The van der Waals surface area contributed by atoms with Gasteiger partial charge in [-0.3, -0.25) is 14.4 Å². The third-order valence-corrected chi connectivity index (χ3v) is 3.31. The van der Waals surface area contributed by atoms with Crippen LogP contribution >= 0.6 is 0 Å². The lowest BCUT2D eigenvalue weighted by atomic mass is 10.0. The number of hydrogen-bond acceptors (Lipinski definition) is 4. The molecule has 1 aromatic carbocycles. The Hall–Kier alpha value is -2.78. The highest BCUT2D eigenvalue weighted by Crippen LogP contribution is 2.32. The number of halogens is 3. The fourth-order valence-electron chi connectivity index (χ4n) is 2.04. The van der Waals surface area contributed by atoms with Crippen LogP contribution in [0.5, 0.6) is 0 Å². The summed E-state index contributed by atoms with van der Waals surface area (Å²) in [4.78, 5) is 35.0. The van der Waals surface area contributed by atoms with Gasteiger partial charge in [-0.25, -0.2) is 0 Å². The lowest BCUT2D eigenvalue weighted by Gasteiger charge is -2.24. The molecule has 1 unspecified atom stereocenters. The minimum absolute atomic E-state index is 0.193. The zero-order valence-electron chi connectivity index (χ0n) is 15.5. The molecule has 1 rings (SSSR count). The van der Waals surface area contributed by atoms with Crippen molar-refractivity contribution in [3.05, 3.63) is 29.3 Å². The van der Waals surface area contributed by atoms with E-state index in [0.29, 0.717) is 6.07 Å². The summed E-state index contributed by atoms with van der Waals surface area (Å²) in [6, 6.07) is 1.80. The van der Waals surface area contributed by atoms with Crippen LogP contribution < -0.4 is 21.7 Å². The average Bonchev–Trinajstić information content (AvgIpc) is 2.50. The van der Waals surface area contributed by atoms with Gasteiger partial charge in [-0.15, -0.1) is 0 Å². The van der Waals surface area contributed by atoms with E-state index < -0.39 is 47.6 Å². The molecule has 1 aromatic rings. The molecular weight excluding hydrogens is 365 g/mol. The third kappa shape index (κ3) is 7.16. The molecular formula is C17H23F3N4O3. The molecule has 0 aromatic heterocycles. The summed E-state index contributed by atoms with van der Waals surface area (Å²) in [7, 11) is 0. The number of hydrogen-bond donors (Lipinski definition) is 4. The lowest BCUT2D eigenvalue weighted by Crippen LogP contribution is -2.46. The van der Waals surface area contributed by atoms with Gasteiger partial charge in [0.25, 0.3) is 5.91 Å². The number of alkyl halides is 3. The normalized spacial score (nSPS) is 12.9. The van der Waals surface area contributed by atoms with E-state index in [4.69, 9.17) is 5.73 Å². The molecule has 150 valence electrons. The third-order valence-electron chi connectivity index (χ3n) is 3.31. The van der Waals surface area contributed by atoms with Crippen LogP contribution in [-0.4, -0.2) is 35.8 Å². The first-order valence-electron chi connectivity index (χ1n) is 8.07. The Morgan fingerprint density at radius 1 is 1.15 bits per heavy atom. The second kappa shape index (κ2) is 8.28. The monoisotopic (exact) mass is 388 g/mol. The van der Waals surface area contributed by atoms with Gasteiger partial charge in [0.2, 0.25) is 11.8 Å². The zero-order valence-corrected chi connectivity index (χ0v) is 15.5. The van der Waals surface area contributed by atoms with Crippen LogP contribution in [0.4, 0.5) is 18.9 Å². The van der Waals surface area contributed by atoms with Gasteiger partial charge in [0.1, 0.15) is 6.04 Å². The fourth-order valence-corrected chi connectivity index (χ4v) is 2.04. The SMILES string of the molecule is CC(NC(=O)CNC(=O)c1cc(C(F)(F)F)ccc1NC(C)(C)C)C(N)=O. The van der Waals surface area contributed by atoms with E-state index in [1.165, 1.54) is 6.92 Å². The molecule has 0 saturated carbocycles. The molecule has 0 bridgehead atoms. The number of nitrogens with one attached hydrogen (secondary N) is 3. The Labute approximate surface area is 154 Å². The molecule has 0 radical (unpaired) electrons. The molecule has 3 amide bonds. The number of rotatable bonds is 6. The predicted molar refractivity (Wildman–Crippen MR) is 94.0 cm³/mol. The Morgan fingerprint density at radius 3 is 2.22 bits per heavy atom. The van der Waals surface area contributed by atoms with Crippen LogP contribution in [0, 0.1) is 0 Å². The number of carbonyl (C=O) groups excluding carboxylic acids is 3. The fraction of sp³-hybridized carbons (Fsp3) is 0.471. The van der Waals surface area contributed by atoms with Gasteiger partial charge in [0, 0.05) is 11.2 Å².